The Hall–Kier alpha value is -3.17. The lowest BCUT2D eigenvalue weighted by molar-refractivity contribution is -0.117. The highest BCUT2D eigenvalue weighted by Gasteiger charge is 2.30. The van der Waals surface area contributed by atoms with Crippen LogP contribution in [0.15, 0.2) is 42.5 Å². The molecule has 0 spiro atoms. The molecule has 2 aromatic heterocycles. The van der Waals surface area contributed by atoms with Crippen LogP contribution in [0.5, 0.6) is 5.75 Å². The standard InChI is InChI=1S/C24H30N6O3/c1-33-19-9-5-16(6-10-19)15-21(31)25-18-11-13-29(14-12-18)22-4-2-3-20-26-24(28-30(20)22)27-23(32)17-7-8-17/h2-6,9-10,17-18,21,25,31H,7-8,11-15H2,1H3,(H,27,28,32). The molecule has 2 aliphatic rings. The van der Waals surface area contributed by atoms with E-state index in [4.69, 9.17) is 4.74 Å². The molecule has 1 saturated carbocycles. The normalized spacial score (nSPS) is 17.8. The predicted molar refractivity (Wildman–Crippen MR) is 125 cm³/mol. The first-order chi connectivity index (χ1) is 16.1. The predicted octanol–water partition coefficient (Wildman–Crippen LogP) is 2.21. The Bertz CT molecular complexity index is 1100. The lowest BCUT2D eigenvalue weighted by atomic mass is 10.0. The summed E-state index contributed by atoms with van der Waals surface area (Å²) in [5.74, 6) is 2.25. The minimum atomic E-state index is -0.591. The first kappa shape index (κ1) is 21.7. The second-order valence-electron chi connectivity index (χ2n) is 8.85. The Morgan fingerprint density at radius 3 is 2.61 bits per heavy atom. The smallest absolute Gasteiger partial charge is 0.249 e. The summed E-state index contributed by atoms with van der Waals surface area (Å²) in [5, 5.41) is 21.2. The molecule has 5 rings (SSSR count). The summed E-state index contributed by atoms with van der Waals surface area (Å²) in [6, 6.07) is 13.9. The number of rotatable bonds is 8. The number of ether oxygens (including phenoxy) is 1. The van der Waals surface area contributed by atoms with Crippen molar-refractivity contribution in [2.75, 3.05) is 30.4 Å². The van der Waals surface area contributed by atoms with Gasteiger partial charge in [0.25, 0.3) is 0 Å². The first-order valence-electron chi connectivity index (χ1n) is 11.6. The van der Waals surface area contributed by atoms with Crippen LogP contribution in [0.4, 0.5) is 11.8 Å². The average Bonchev–Trinajstić information content (AvgIpc) is 3.60. The molecule has 0 radical (unpaired) electrons. The molecule has 0 bridgehead atoms. The maximum Gasteiger partial charge on any atom is 0.249 e. The molecule has 2 fully saturated rings. The van der Waals surface area contributed by atoms with E-state index in [1.165, 1.54) is 0 Å². The van der Waals surface area contributed by atoms with Crippen LogP contribution < -0.4 is 20.3 Å². The Labute approximate surface area is 192 Å². The van der Waals surface area contributed by atoms with Gasteiger partial charge in [-0.1, -0.05) is 18.2 Å². The van der Waals surface area contributed by atoms with Crippen molar-refractivity contribution in [1.29, 1.82) is 0 Å². The molecule has 1 saturated heterocycles. The van der Waals surface area contributed by atoms with Crippen LogP contribution in [-0.2, 0) is 11.2 Å². The Morgan fingerprint density at radius 1 is 1.15 bits per heavy atom. The summed E-state index contributed by atoms with van der Waals surface area (Å²) >= 11 is 0. The number of benzene rings is 1. The Kier molecular flexibility index (Phi) is 6.15. The molecular formula is C24H30N6O3. The second kappa shape index (κ2) is 9.36. The molecule has 33 heavy (non-hydrogen) atoms. The van der Waals surface area contributed by atoms with Crippen molar-refractivity contribution in [1.82, 2.24) is 19.9 Å². The van der Waals surface area contributed by atoms with Crippen molar-refractivity contribution >= 4 is 23.3 Å². The van der Waals surface area contributed by atoms with E-state index in [9.17, 15) is 9.90 Å². The number of nitrogens with one attached hydrogen (secondary N) is 2. The van der Waals surface area contributed by atoms with Crippen LogP contribution in [0.25, 0.3) is 5.65 Å². The van der Waals surface area contributed by atoms with E-state index in [1.807, 2.05) is 42.5 Å². The maximum atomic E-state index is 12.1. The Balaban J connectivity index is 1.17. The lowest BCUT2D eigenvalue weighted by Gasteiger charge is -2.34. The maximum absolute atomic E-state index is 12.1. The van der Waals surface area contributed by atoms with Crippen LogP contribution in [0.1, 0.15) is 31.2 Å². The average molecular weight is 451 g/mol. The summed E-state index contributed by atoms with van der Waals surface area (Å²) in [6.45, 7) is 1.69. The molecular weight excluding hydrogens is 420 g/mol. The number of nitrogens with zero attached hydrogens (tertiary/aromatic N) is 4. The van der Waals surface area contributed by atoms with Crippen LogP contribution in [-0.4, -0.2) is 58.1 Å². The van der Waals surface area contributed by atoms with Gasteiger partial charge in [-0.15, -0.1) is 5.10 Å². The highest BCUT2D eigenvalue weighted by atomic mass is 16.5. The summed E-state index contributed by atoms with van der Waals surface area (Å²) in [4.78, 5) is 18.8. The van der Waals surface area contributed by atoms with Crippen LogP contribution in [0.2, 0.25) is 0 Å². The number of fused-ring (bicyclic) bond motifs is 1. The first-order valence-corrected chi connectivity index (χ1v) is 11.6. The van der Waals surface area contributed by atoms with Gasteiger partial charge in [-0.25, -0.2) is 0 Å². The van der Waals surface area contributed by atoms with E-state index < -0.39 is 6.23 Å². The molecule has 1 aromatic carbocycles. The molecule has 1 amide bonds. The van der Waals surface area contributed by atoms with Gasteiger partial charge >= 0.3 is 0 Å². The van der Waals surface area contributed by atoms with E-state index in [0.29, 0.717) is 18.0 Å². The van der Waals surface area contributed by atoms with Crippen LogP contribution in [0.3, 0.4) is 0 Å². The second-order valence-corrected chi connectivity index (χ2v) is 8.85. The molecule has 9 nitrogen and oxygen atoms in total. The summed E-state index contributed by atoms with van der Waals surface area (Å²) < 4.78 is 6.99. The number of pyridine rings is 1. The van der Waals surface area contributed by atoms with Gasteiger partial charge in [0.15, 0.2) is 5.65 Å². The monoisotopic (exact) mass is 450 g/mol. The molecule has 1 unspecified atom stereocenters. The zero-order valence-corrected chi connectivity index (χ0v) is 18.8. The zero-order chi connectivity index (χ0) is 22.8. The van der Waals surface area contributed by atoms with Gasteiger partial charge in [0.05, 0.1) is 7.11 Å². The largest absolute Gasteiger partial charge is 0.497 e. The summed E-state index contributed by atoms with van der Waals surface area (Å²) in [7, 11) is 1.65. The minimum absolute atomic E-state index is 0.00698. The fourth-order valence-electron chi connectivity index (χ4n) is 4.33. The quantitative estimate of drug-likeness (QED) is 0.452. The van der Waals surface area contributed by atoms with Gasteiger partial charge in [-0.2, -0.15) is 9.50 Å². The number of amides is 1. The third-order valence-electron chi connectivity index (χ3n) is 6.36. The molecule has 3 aromatic rings. The molecule has 3 heterocycles. The fourth-order valence-corrected chi connectivity index (χ4v) is 4.33. The third kappa shape index (κ3) is 5.09. The van der Waals surface area contributed by atoms with E-state index in [-0.39, 0.29) is 17.9 Å². The van der Waals surface area contributed by atoms with Crippen LogP contribution in [0, 0.1) is 5.92 Å². The molecule has 1 aliphatic carbocycles. The van der Waals surface area contributed by atoms with Crippen LogP contribution >= 0.6 is 0 Å². The van der Waals surface area contributed by atoms with Crippen molar-refractivity contribution < 1.29 is 14.6 Å². The molecule has 1 atom stereocenters. The molecule has 174 valence electrons. The van der Waals surface area contributed by atoms with Gasteiger partial charge in [0.2, 0.25) is 11.9 Å². The number of aliphatic hydroxyl groups excluding tert-OH is 1. The van der Waals surface area contributed by atoms with Crippen molar-refractivity contribution in [3.63, 3.8) is 0 Å². The van der Waals surface area contributed by atoms with Crippen molar-refractivity contribution in [2.45, 2.75) is 44.4 Å². The van der Waals surface area contributed by atoms with Gasteiger partial charge in [-0.3, -0.25) is 15.4 Å². The van der Waals surface area contributed by atoms with Gasteiger partial charge < -0.3 is 14.7 Å². The number of aliphatic hydroxyl groups is 1. The summed E-state index contributed by atoms with van der Waals surface area (Å²) in [5.41, 5.74) is 1.78. The Morgan fingerprint density at radius 2 is 1.91 bits per heavy atom. The number of anilines is 2. The number of methoxy groups -OCH3 is 1. The third-order valence-corrected chi connectivity index (χ3v) is 6.36. The number of piperidine rings is 1. The van der Waals surface area contributed by atoms with Gasteiger partial charge in [0.1, 0.15) is 17.8 Å². The highest BCUT2D eigenvalue weighted by molar-refractivity contribution is 5.92. The van der Waals surface area contributed by atoms with E-state index in [1.54, 1.807) is 11.6 Å². The van der Waals surface area contributed by atoms with Gasteiger partial charge in [0, 0.05) is 31.5 Å². The number of aromatic nitrogens is 3. The number of carbonyl (C=O) groups is 1. The molecule has 9 heteroatoms. The fraction of sp³-hybridized carbons (Fsp3) is 0.458. The minimum Gasteiger partial charge on any atom is -0.497 e. The lowest BCUT2D eigenvalue weighted by Crippen LogP contribution is -2.47. The van der Waals surface area contributed by atoms with Crippen molar-refractivity contribution in [3.8, 4) is 5.75 Å². The molecule has 3 N–H and O–H groups in total. The van der Waals surface area contributed by atoms with Crippen molar-refractivity contribution in [3.05, 3.63) is 48.0 Å². The van der Waals surface area contributed by atoms with E-state index in [2.05, 4.69) is 25.6 Å². The van der Waals surface area contributed by atoms with Crippen molar-refractivity contribution in [2.24, 2.45) is 5.92 Å². The topological polar surface area (TPSA) is 104 Å². The SMILES string of the molecule is COc1ccc(CC(O)NC2CCN(c3cccc4nc(NC(=O)C5CC5)nn34)CC2)cc1. The number of carbonyl (C=O) groups excluding carboxylic acids is 1. The number of hydrogen-bond donors (Lipinski definition) is 3. The van der Waals surface area contributed by atoms with Gasteiger partial charge in [-0.05, 0) is 55.5 Å². The highest BCUT2D eigenvalue weighted by Crippen LogP contribution is 2.30. The summed E-state index contributed by atoms with van der Waals surface area (Å²) in [6.07, 6.45) is 3.68. The molecule has 1 aliphatic heterocycles. The van der Waals surface area contributed by atoms with E-state index in [0.717, 1.165) is 55.9 Å². The zero-order valence-electron chi connectivity index (χ0n) is 18.8. The van der Waals surface area contributed by atoms with E-state index >= 15 is 0 Å². The number of hydrogen-bond acceptors (Lipinski definition) is 7.